The fraction of sp³-hybridized carbons (Fsp3) is 0.600. The van der Waals surface area contributed by atoms with Gasteiger partial charge in [-0.15, -0.1) is 0 Å². The number of hydrogen-bond acceptors (Lipinski definition) is 2. The fourth-order valence-electron chi connectivity index (χ4n) is 1.67. The molecule has 1 rings (SSSR count). The van der Waals surface area contributed by atoms with E-state index in [9.17, 15) is 0 Å². The molecule has 0 aromatic heterocycles. The van der Waals surface area contributed by atoms with Gasteiger partial charge in [-0.05, 0) is 57.4 Å². The molecule has 0 heterocycles. The molecular weight excluding hydrogens is 208 g/mol. The van der Waals surface area contributed by atoms with E-state index in [1.165, 1.54) is 16.9 Å². The molecule has 17 heavy (non-hydrogen) atoms. The van der Waals surface area contributed by atoms with Gasteiger partial charge in [-0.2, -0.15) is 0 Å². The van der Waals surface area contributed by atoms with E-state index in [4.69, 9.17) is 0 Å². The molecule has 96 valence electrons. The summed E-state index contributed by atoms with van der Waals surface area (Å²) in [5.74, 6) is 0. The van der Waals surface area contributed by atoms with Gasteiger partial charge in [0.15, 0.2) is 0 Å². The van der Waals surface area contributed by atoms with E-state index in [1.54, 1.807) is 0 Å². The first kappa shape index (κ1) is 13.9. The monoisotopic (exact) mass is 234 g/mol. The molecule has 0 radical (unpaired) electrons. The average molecular weight is 234 g/mol. The van der Waals surface area contributed by atoms with Crippen molar-refractivity contribution in [2.45, 2.75) is 59.5 Å². The Balaban J connectivity index is 2.72. The second-order valence-corrected chi connectivity index (χ2v) is 4.94. The second-order valence-electron chi connectivity index (χ2n) is 4.94. The Morgan fingerprint density at radius 1 is 1.00 bits per heavy atom. The van der Waals surface area contributed by atoms with Crippen molar-refractivity contribution in [3.63, 3.8) is 0 Å². The van der Waals surface area contributed by atoms with Crippen LogP contribution in [0.2, 0.25) is 0 Å². The van der Waals surface area contributed by atoms with Crippen LogP contribution < -0.4 is 10.6 Å². The highest BCUT2D eigenvalue weighted by Gasteiger charge is 2.04. The Morgan fingerprint density at radius 2 is 1.59 bits per heavy atom. The van der Waals surface area contributed by atoms with Crippen LogP contribution in [0.1, 0.15) is 46.1 Å². The SMILES string of the molecule is CCC(C)Nc1ccc(NC(C)CC)c(C)c1. The van der Waals surface area contributed by atoms with Crippen LogP contribution in [0.15, 0.2) is 18.2 Å². The Kier molecular flexibility index (Phi) is 5.33. The molecule has 0 saturated carbocycles. The van der Waals surface area contributed by atoms with Crippen molar-refractivity contribution < 1.29 is 0 Å². The number of nitrogens with one attached hydrogen (secondary N) is 2. The van der Waals surface area contributed by atoms with E-state index in [2.05, 4.69) is 63.5 Å². The van der Waals surface area contributed by atoms with E-state index in [0.717, 1.165) is 12.8 Å². The summed E-state index contributed by atoms with van der Waals surface area (Å²) in [6.45, 7) is 11.0. The topological polar surface area (TPSA) is 24.1 Å². The van der Waals surface area contributed by atoms with E-state index in [0.29, 0.717) is 12.1 Å². The summed E-state index contributed by atoms with van der Waals surface area (Å²) in [7, 11) is 0. The molecule has 2 unspecified atom stereocenters. The Bertz CT molecular complexity index is 347. The van der Waals surface area contributed by atoms with E-state index in [1.807, 2.05) is 0 Å². The maximum Gasteiger partial charge on any atom is 0.0373 e. The third kappa shape index (κ3) is 4.29. The first-order valence-electron chi connectivity index (χ1n) is 6.70. The molecule has 2 heteroatoms. The Hall–Kier alpha value is -1.18. The van der Waals surface area contributed by atoms with Crippen LogP contribution in [0.3, 0.4) is 0 Å². The van der Waals surface area contributed by atoms with Crippen molar-refractivity contribution in [3.8, 4) is 0 Å². The molecule has 0 aliphatic rings. The first-order valence-corrected chi connectivity index (χ1v) is 6.70. The van der Waals surface area contributed by atoms with Gasteiger partial charge in [0.05, 0.1) is 0 Å². The molecule has 0 amide bonds. The Labute approximate surface area is 106 Å². The van der Waals surface area contributed by atoms with Crippen molar-refractivity contribution in [3.05, 3.63) is 23.8 Å². The van der Waals surface area contributed by atoms with Gasteiger partial charge < -0.3 is 10.6 Å². The van der Waals surface area contributed by atoms with Crippen molar-refractivity contribution in [1.29, 1.82) is 0 Å². The lowest BCUT2D eigenvalue weighted by Crippen LogP contribution is -2.15. The minimum atomic E-state index is 0.530. The highest BCUT2D eigenvalue weighted by molar-refractivity contribution is 5.59. The molecule has 2 nitrogen and oxygen atoms in total. The van der Waals surface area contributed by atoms with Gasteiger partial charge in [0.25, 0.3) is 0 Å². The molecule has 1 aromatic rings. The lowest BCUT2D eigenvalue weighted by Gasteiger charge is -2.18. The molecule has 0 saturated heterocycles. The van der Waals surface area contributed by atoms with E-state index in [-0.39, 0.29) is 0 Å². The van der Waals surface area contributed by atoms with E-state index >= 15 is 0 Å². The number of anilines is 2. The summed E-state index contributed by atoms with van der Waals surface area (Å²) in [5, 5.41) is 7.03. The van der Waals surface area contributed by atoms with Crippen LogP contribution in [0.25, 0.3) is 0 Å². The lowest BCUT2D eigenvalue weighted by molar-refractivity contribution is 0.760. The molecule has 1 aromatic carbocycles. The smallest absolute Gasteiger partial charge is 0.0373 e. The first-order chi connectivity index (χ1) is 8.06. The van der Waals surface area contributed by atoms with Crippen LogP contribution in [0, 0.1) is 6.92 Å². The summed E-state index contributed by atoms with van der Waals surface area (Å²) in [5.41, 5.74) is 3.76. The number of rotatable bonds is 6. The molecule has 2 atom stereocenters. The van der Waals surface area contributed by atoms with Crippen molar-refractivity contribution in [1.82, 2.24) is 0 Å². The largest absolute Gasteiger partial charge is 0.383 e. The third-order valence-corrected chi connectivity index (χ3v) is 3.27. The zero-order chi connectivity index (χ0) is 12.8. The van der Waals surface area contributed by atoms with Crippen molar-refractivity contribution in [2.75, 3.05) is 10.6 Å². The fourth-order valence-corrected chi connectivity index (χ4v) is 1.67. The highest BCUT2D eigenvalue weighted by atomic mass is 14.9. The van der Waals surface area contributed by atoms with Gasteiger partial charge >= 0.3 is 0 Å². The van der Waals surface area contributed by atoms with Gasteiger partial charge in [-0.25, -0.2) is 0 Å². The number of aryl methyl sites for hydroxylation is 1. The van der Waals surface area contributed by atoms with Crippen LogP contribution in [-0.4, -0.2) is 12.1 Å². The predicted molar refractivity (Wildman–Crippen MR) is 77.9 cm³/mol. The van der Waals surface area contributed by atoms with Gasteiger partial charge in [0, 0.05) is 23.5 Å². The molecule has 0 bridgehead atoms. The molecule has 0 fully saturated rings. The summed E-state index contributed by atoms with van der Waals surface area (Å²) in [6, 6.07) is 7.61. The van der Waals surface area contributed by atoms with Crippen molar-refractivity contribution in [2.24, 2.45) is 0 Å². The molecule has 0 aliphatic carbocycles. The zero-order valence-electron chi connectivity index (χ0n) is 11.8. The zero-order valence-corrected chi connectivity index (χ0v) is 11.8. The van der Waals surface area contributed by atoms with Crippen LogP contribution >= 0.6 is 0 Å². The third-order valence-electron chi connectivity index (χ3n) is 3.27. The van der Waals surface area contributed by atoms with Gasteiger partial charge in [0.1, 0.15) is 0 Å². The van der Waals surface area contributed by atoms with E-state index < -0.39 is 0 Å². The van der Waals surface area contributed by atoms with Crippen LogP contribution in [-0.2, 0) is 0 Å². The quantitative estimate of drug-likeness (QED) is 0.761. The summed E-state index contributed by atoms with van der Waals surface area (Å²) in [6.07, 6.45) is 2.29. The maximum atomic E-state index is 3.53. The molecule has 0 aliphatic heterocycles. The summed E-state index contributed by atoms with van der Waals surface area (Å²) < 4.78 is 0. The average Bonchev–Trinajstić information content (AvgIpc) is 2.32. The molecule has 0 spiro atoms. The van der Waals surface area contributed by atoms with Crippen LogP contribution in [0.4, 0.5) is 11.4 Å². The van der Waals surface area contributed by atoms with Gasteiger partial charge in [0.2, 0.25) is 0 Å². The van der Waals surface area contributed by atoms with Crippen LogP contribution in [0.5, 0.6) is 0 Å². The number of benzene rings is 1. The summed E-state index contributed by atoms with van der Waals surface area (Å²) in [4.78, 5) is 0. The van der Waals surface area contributed by atoms with Crippen molar-refractivity contribution >= 4 is 11.4 Å². The number of hydrogen-bond donors (Lipinski definition) is 2. The lowest BCUT2D eigenvalue weighted by atomic mass is 10.1. The standard InChI is InChI=1S/C15H26N2/c1-6-12(4)16-14-8-9-15(11(3)10-14)17-13(5)7-2/h8-10,12-13,16-17H,6-7H2,1-5H3. The van der Waals surface area contributed by atoms with Gasteiger partial charge in [-0.1, -0.05) is 13.8 Å². The Morgan fingerprint density at radius 3 is 2.12 bits per heavy atom. The maximum absolute atomic E-state index is 3.53. The van der Waals surface area contributed by atoms with Gasteiger partial charge in [-0.3, -0.25) is 0 Å². The minimum Gasteiger partial charge on any atom is -0.383 e. The second kappa shape index (κ2) is 6.53. The normalized spacial score (nSPS) is 14.2. The molecular formula is C15H26N2. The highest BCUT2D eigenvalue weighted by Crippen LogP contribution is 2.21. The molecule has 2 N–H and O–H groups in total. The predicted octanol–water partition coefficient (Wildman–Crippen LogP) is 4.42. The minimum absolute atomic E-state index is 0.530. The summed E-state index contributed by atoms with van der Waals surface area (Å²) >= 11 is 0.